The number of aromatic nitrogens is 2. The third-order valence-corrected chi connectivity index (χ3v) is 3.14. The average Bonchev–Trinajstić information content (AvgIpc) is 2.32. The molecule has 0 aliphatic carbocycles. The van der Waals surface area contributed by atoms with Crippen molar-refractivity contribution in [2.75, 3.05) is 0 Å². The molecule has 0 amide bonds. The molecule has 2 aromatic rings. The van der Waals surface area contributed by atoms with E-state index in [1.165, 1.54) is 0 Å². The van der Waals surface area contributed by atoms with E-state index in [-0.39, 0.29) is 0 Å². The first-order chi connectivity index (χ1) is 8.67. The molecular formula is C13H12ClIN2O. The van der Waals surface area contributed by atoms with E-state index in [4.69, 9.17) is 16.3 Å². The van der Waals surface area contributed by atoms with E-state index in [2.05, 4.69) is 39.5 Å². The molecule has 1 heterocycles. The molecule has 0 saturated carbocycles. The number of hydrogen-bond acceptors (Lipinski definition) is 3. The molecule has 18 heavy (non-hydrogen) atoms. The lowest BCUT2D eigenvalue weighted by molar-refractivity contribution is 0.458. The summed E-state index contributed by atoms with van der Waals surface area (Å²) in [7, 11) is 0. The highest BCUT2D eigenvalue weighted by Gasteiger charge is 2.05. The Kier molecular flexibility index (Phi) is 4.77. The Morgan fingerprint density at radius 3 is 2.61 bits per heavy atom. The molecular weight excluding hydrogens is 363 g/mol. The summed E-state index contributed by atoms with van der Waals surface area (Å²) in [6.07, 6.45) is 1.77. The number of benzene rings is 1. The van der Waals surface area contributed by atoms with Crippen LogP contribution in [0.25, 0.3) is 0 Å². The molecule has 1 aromatic carbocycles. The molecule has 0 unspecified atom stereocenters. The summed E-state index contributed by atoms with van der Waals surface area (Å²) in [4.78, 5) is 8.47. The Morgan fingerprint density at radius 1 is 1.22 bits per heavy atom. The summed E-state index contributed by atoms with van der Waals surface area (Å²) in [6, 6.07) is 9.38. The maximum atomic E-state index is 5.94. The highest BCUT2D eigenvalue weighted by Crippen LogP contribution is 2.22. The van der Waals surface area contributed by atoms with Crippen LogP contribution in [-0.4, -0.2) is 9.97 Å². The zero-order valence-electron chi connectivity index (χ0n) is 9.86. The van der Waals surface area contributed by atoms with Gasteiger partial charge in [-0.05, 0) is 53.3 Å². The first kappa shape index (κ1) is 13.5. The normalized spacial score (nSPS) is 10.4. The summed E-state index contributed by atoms with van der Waals surface area (Å²) in [5, 5.41) is 0.411. The number of nitrogens with zero attached hydrogens (tertiary/aromatic N) is 2. The van der Waals surface area contributed by atoms with Gasteiger partial charge in [-0.25, -0.2) is 4.98 Å². The van der Waals surface area contributed by atoms with Gasteiger partial charge in [0.1, 0.15) is 16.7 Å². The molecule has 2 rings (SSSR count). The molecule has 0 aliphatic rings. The zero-order chi connectivity index (χ0) is 13.0. The third-order valence-electron chi connectivity index (χ3n) is 2.23. The van der Waals surface area contributed by atoms with Crippen molar-refractivity contribution in [2.45, 2.75) is 19.8 Å². The van der Waals surface area contributed by atoms with E-state index in [0.29, 0.717) is 16.9 Å². The predicted octanol–water partition coefficient (Wildman–Crippen LogP) is 4.48. The summed E-state index contributed by atoms with van der Waals surface area (Å²) >= 11 is 8.19. The monoisotopic (exact) mass is 374 g/mol. The van der Waals surface area contributed by atoms with Gasteiger partial charge in [0, 0.05) is 16.1 Å². The lowest BCUT2D eigenvalue weighted by Crippen LogP contribution is -1.97. The van der Waals surface area contributed by atoms with Crippen LogP contribution in [0.5, 0.6) is 11.6 Å². The molecule has 3 nitrogen and oxygen atoms in total. The Balaban J connectivity index is 2.20. The van der Waals surface area contributed by atoms with Gasteiger partial charge in [0.05, 0.1) is 0 Å². The second-order valence-electron chi connectivity index (χ2n) is 3.75. The zero-order valence-corrected chi connectivity index (χ0v) is 12.8. The highest BCUT2D eigenvalue weighted by molar-refractivity contribution is 14.1. The first-order valence-corrected chi connectivity index (χ1v) is 7.10. The van der Waals surface area contributed by atoms with Crippen LogP contribution >= 0.6 is 34.2 Å². The van der Waals surface area contributed by atoms with Crippen LogP contribution in [0.4, 0.5) is 0 Å². The molecule has 0 saturated heterocycles. The van der Waals surface area contributed by atoms with E-state index in [0.717, 1.165) is 22.2 Å². The van der Waals surface area contributed by atoms with E-state index >= 15 is 0 Å². The van der Waals surface area contributed by atoms with Crippen molar-refractivity contribution in [3.05, 3.63) is 44.9 Å². The molecule has 0 aliphatic heterocycles. The number of halogens is 2. The van der Waals surface area contributed by atoms with Gasteiger partial charge in [0.15, 0.2) is 0 Å². The van der Waals surface area contributed by atoms with Crippen molar-refractivity contribution >= 4 is 34.2 Å². The van der Waals surface area contributed by atoms with Crippen molar-refractivity contribution in [3.8, 4) is 11.6 Å². The standard InChI is InChI=1S/C13H12ClIN2O/c1-2-3-12-16-11(14)8-13(17-12)18-10-6-4-9(15)5-7-10/h4-8H,2-3H2,1H3. The Labute approximate surface area is 125 Å². The first-order valence-electron chi connectivity index (χ1n) is 5.64. The highest BCUT2D eigenvalue weighted by atomic mass is 127. The fraction of sp³-hybridized carbons (Fsp3) is 0.231. The van der Waals surface area contributed by atoms with Crippen LogP contribution in [0.15, 0.2) is 30.3 Å². The lowest BCUT2D eigenvalue weighted by Gasteiger charge is -2.06. The number of rotatable bonds is 4. The molecule has 0 atom stereocenters. The van der Waals surface area contributed by atoms with Crippen LogP contribution in [-0.2, 0) is 6.42 Å². The van der Waals surface area contributed by atoms with Crippen LogP contribution in [0, 0.1) is 3.57 Å². The van der Waals surface area contributed by atoms with E-state index in [1.807, 2.05) is 24.3 Å². The fourth-order valence-corrected chi connectivity index (χ4v) is 2.00. The number of aryl methyl sites for hydroxylation is 1. The third kappa shape index (κ3) is 3.81. The van der Waals surface area contributed by atoms with Gasteiger partial charge in [0.25, 0.3) is 0 Å². The second-order valence-corrected chi connectivity index (χ2v) is 5.38. The van der Waals surface area contributed by atoms with Crippen molar-refractivity contribution in [3.63, 3.8) is 0 Å². The predicted molar refractivity (Wildman–Crippen MR) is 80.3 cm³/mol. The quantitative estimate of drug-likeness (QED) is 0.585. The van der Waals surface area contributed by atoms with Crippen LogP contribution in [0.1, 0.15) is 19.2 Å². The maximum absolute atomic E-state index is 5.94. The van der Waals surface area contributed by atoms with E-state index in [9.17, 15) is 0 Å². The maximum Gasteiger partial charge on any atom is 0.224 e. The van der Waals surface area contributed by atoms with Gasteiger partial charge in [-0.3, -0.25) is 0 Å². The number of hydrogen-bond donors (Lipinski definition) is 0. The van der Waals surface area contributed by atoms with Crippen LogP contribution in [0.2, 0.25) is 5.15 Å². The van der Waals surface area contributed by atoms with Crippen LogP contribution < -0.4 is 4.74 Å². The van der Waals surface area contributed by atoms with Crippen molar-refractivity contribution < 1.29 is 4.74 Å². The SMILES string of the molecule is CCCc1nc(Cl)cc(Oc2ccc(I)cc2)n1. The minimum atomic E-state index is 0.411. The molecule has 1 aromatic heterocycles. The Morgan fingerprint density at radius 2 is 1.94 bits per heavy atom. The van der Waals surface area contributed by atoms with Gasteiger partial charge >= 0.3 is 0 Å². The summed E-state index contributed by atoms with van der Waals surface area (Å²) in [6.45, 7) is 2.07. The Hall–Kier alpha value is -0.880. The van der Waals surface area contributed by atoms with Gasteiger partial charge in [-0.15, -0.1) is 0 Å². The van der Waals surface area contributed by atoms with Crippen molar-refractivity contribution in [2.24, 2.45) is 0 Å². The van der Waals surface area contributed by atoms with Crippen molar-refractivity contribution in [1.29, 1.82) is 0 Å². The molecule has 5 heteroatoms. The second kappa shape index (κ2) is 6.33. The largest absolute Gasteiger partial charge is 0.439 e. The van der Waals surface area contributed by atoms with Crippen molar-refractivity contribution in [1.82, 2.24) is 9.97 Å². The smallest absolute Gasteiger partial charge is 0.224 e. The fourth-order valence-electron chi connectivity index (χ4n) is 1.45. The van der Waals surface area contributed by atoms with Gasteiger partial charge in [-0.1, -0.05) is 18.5 Å². The lowest BCUT2D eigenvalue weighted by atomic mass is 10.3. The Bertz CT molecular complexity index is 531. The van der Waals surface area contributed by atoms with Gasteiger partial charge in [0.2, 0.25) is 5.88 Å². The van der Waals surface area contributed by atoms with Gasteiger partial charge in [-0.2, -0.15) is 4.98 Å². The molecule has 0 fully saturated rings. The molecule has 0 N–H and O–H groups in total. The number of ether oxygens (including phenoxy) is 1. The summed E-state index contributed by atoms with van der Waals surface area (Å²) < 4.78 is 6.82. The van der Waals surface area contributed by atoms with E-state index < -0.39 is 0 Å². The summed E-state index contributed by atoms with van der Waals surface area (Å²) in [5.41, 5.74) is 0. The van der Waals surface area contributed by atoms with Gasteiger partial charge < -0.3 is 4.74 Å². The topological polar surface area (TPSA) is 35.0 Å². The minimum Gasteiger partial charge on any atom is -0.439 e. The van der Waals surface area contributed by atoms with Crippen LogP contribution in [0.3, 0.4) is 0 Å². The molecule has 0 spiro atoms. The molecule has 0 bridgehead atoms. The summed E-state index contributed by atoms with van der Waals surface area (Å²) in [5.74, 6) is 1.94. The molecule has 0 radical (unpaired) electrons. The minimum absolute atomic E-state index is 0.411. The molecule has 94 valence electrons. The average molecular weight is 375 g/mol. The van der Waals surface area contributed by atoms with E-state index in [1.54, 1.807) is 6.07 Å².